The van der Waals surface area contributed by atoms with Crippen molar-refractivity contribution in [2.24, 2.45) is 33.6 Å². The Morgan fingerprint density at radius 3 is 2.31 bits per heavy atom. The van der Waals surface area contributed by atoms with Crippen LogP contribution in [0.3, 0.4) is 0 Å². The molecule has 0 spiro atoms. The topological polar surface area (TPSA) is 346 Å². The van der Waals surface area contributed by atoms with E-state index in [0.717, 1.165) is 72.1 Å². The van der Waals surface area contributed by atoms with Gasteiger partial charge in [0.15, 0.2) is 10.8 Å². The zero-order chi connectivity index (χ0) is 63.6. The van der Waals surface area contributed by atoms with Crippen LogP contribution in [0.5, 0.6) is 0 Å². The van der Waals surface area contributed by atoms with Crippen LogP contribution in [0.15, 0.2) is 85.1 Å². The number of anilines is 3. The molecule has 2 unspecified atom stereocenters. The quantitative estimate of drug-likeness (QED) is 0.0207. The number of aryl methyl sites for hydroxylation is 1. The van der Waals surface area contributed by atoms with Gasteiger partial charge in [-0.15, -0.1) is 0 Å². The van der Waals surface area contributed by atoms with Crippen molar-refractivity contribution in [1.29, 1.82) is 0 Å². The number of carbonyl (C=O) groups is 6. The van der Waals surface area contributed by atoms with Gasteiger partial charge in [-0.3, -0.25) is 29.0 Å². The number of carbonyl (C=O) groups excluding carboxylic acids is 5. The predicted molar refractivity (Wildman–Crippen MR) is 337 cm³/mol. The molecule has 4 heterocycles. The number of hydrogen-bond acceptors (Lipinski definition) is 15. The Kier molecular flexibility index (Phi) is 18.6. The molecule has 4 atom stereocenters. The van der Waals surface area contributed by atoms with Crippen molar-refractivity contribution in [3.8, 4) is 22.4 Å². The van der Waals surface area contributed by atoms with Gasteiger partial charge in [-0.1, -0.05) is 75.4 Å². The van der Waals surface area contributed by atoms with Gasteiger partial charge in [-0.2, -0.15) is 13.5 Å². The fourth-order valence-electron chi connectivity index (χ4n) is 14.8. The molecule has 3 aromatic carbocycles. The van der Waals surface area contributed by atoms with Gasteiger partial charge in [0.1, 0.15) is 12.6 Å². The number of carboxylic acids is 1. The van der Waals surface area contributed by atoms with E-state index in [-0.39, 0.29) is 73.2 Å². The number of hydrogen-bond donors (Lipinski definition) is 8. The maximum absolute atomic E-state index is 13.8. The number of benzene rings is 3. The number of primary amides is 1. The summed E-state index contributed by atoms with van der Waals surface area (Å²) in [6, 6.07) is 20.6. The van der Waals surface area contributed by atoms with Crippen molar-refractivity contribution in [3.63, 3.8) is 0 Å². The molecule has 3 aromatic heterocycles. The zero-order valence-corrected chi connectivity index (χ0v) is 52.3. The van der Waals surface area contributed by atoms with Crippen LogP contribution < -0.4 is 37.6 Å². The Hall–Kier alpha value is -8.04. The summed E-state index contributed by atoms with van der Waals surface area (Å²) >= 11 is 1.40. The standard InChI is InChI=1S/C63H78N12O12S2/c1-38(2)51(64)54(77)70-48(12-8-22-66-56(65)80)53(76)68-43-18-14-40(15-19-43)30-86-59(82)73(25-27-89(83,84)85)24-26-87-63-34-60(4)31-61(5,35-63)33-62(32-60,36-63)37-75-39(3)45(29-67-75)44-20-21-46(69-52(44)55(78)79)42-17-16-41-10-9-23-74(49(41)28-42)58(81)72-57-71-47-11-6-7-13-50(47)88-57/h6-7,11,13-21,28-29,38,48,51H,8-10,12,22-27,30-37,64H2,1-5H3,(H,68,76)(H,70,77)(H,78,79)(H3,65,66,80)(H,71,72,81)(H,83,84,85)/t48-,51-,60?,61?,62?,63?/m0/s1. The van der Waals surface area contributed by atoms with E-state index in [0.29, 0.717) is 64.7 Å². The molecular formula is C63H78N12O12S2. The average Bonchev–Trinajstić information content (AvgIpc) is 1.22. The Labute approximate surface area is 520 Å². The molecule has 11 rings (SSSR count). The van der Waals surface area contributed by atoms with Crippen molar-refractivity contribution in [3.05, 3.63) is 108 Å². The number of pyridine rings is 1. The molecule has 6 aromatic rings. The third-order valence-corrected chi connectivity index (χ3v) is 19.4. The van der Waals surface area contributed by atoms with Gasteiger partial charge in [0, 0.05) is 66.5 Å². The molecule has 24 nitrogen and oxygen atoms in total. The van der Waals surface area contributed by atoms with E-state index >= 15 is 0 Å². The Balaban J connectivity index is 0.789. The van der Waals surface area contributed by atoms with Gasteiger partial charge in [0.05, 0.1) is 46.1 Å². The molecule has 10 N–H and O–H groups in total. The summed E-state index contributed by atoms with van der Waals surface area (Å²) in [5.74, 6) is -3.13. The zero-order valence-electron chi connectivity index (χ0n) is 50.7. The number of urea groups is 2. The number of para-hydroxylation sites is 1. The first-order chi connectivity index (χ1) is 42.2. The van der Waals surface area contributed by atoms with Crippen LogP contribution in [0, 0.1) is 29.1 Å². The molecule has 5 aliphatic rings. The van der Waals surface area contributed by atoms with Crippen LogP contribution in [-0.2, 0) is 48.8 Å². The summed E-state index contributed by atoms with van der Waals surface area (Å²) in [4.78, 5) is 90.3. The third kappa shape index (κ3) is 15.0. The summed E-state index contributed by atoms with van der Waals surface area (Å²) in [5.41, 5.74) is 16.4. The lowest BCUT2D eigenvalue weighted by atomic mass is 9.39. The van der Waals surface area contributed by atoms with Gasteiger partial charge in [-0.05, 0) is 147 Å². The SMILES string of the molecule is Cc1c(-c2ccc(-c3ccc4c(c3)N(C(=O)Nc3nc5ccccc5s3)CCC4)nc2C(=O)O)cnn1CC12CC3(C)CC(C)(C1)CC(OCCN(CCS(=O)(=O)O)C(=O)OCc1ccc(NC(=O)[C@H](CCCNC(N)=O)NC(=O)[C@@H](N)C(C)C)cc1)(C3)C2. The van der Waals surface area contributed by atoms with E-state index in [1.807, 2.05) is 54.1 Å². The molecular weight excluding hydrogens is 1180 g/mol. The maximum atomic E-state index is 13.8. The highest BCUT2D eigenvalue weighted by molar-refractivity contribution is 7.85. The number of carboxylic acid groups (broad SMARTS) is 1. The lowest BCUT2D eigenvalue weighted by Gasteiger charge is -2.69. The fraction of sp³-hybridized carbons (Fsp3) is 0.476. The van der Waals surface area contributed by atoms with Crippen LogP contribution in [0.1, 0.15) is 113 Å². The lowest BCUT2D eigenvalue weighted by molar-refractivity contribution is -0.248. The molecule has 4 aliphatic carbocycles. The summed E-state index contributed by atoms with van der Waals surface area (Å²) in [5, 5.41) is 27.0. The van der Waals surface area contributed by atoms with E-state index in [9.17, 15) is 46.8 Å². The Bertz CT molecular complexity index is 3750. The molecule has 0 radical (unpaired) electrons. The largest absolute Gasteiger partial charge is 0.476 e. The van der Waals surface area contributed by atoms with Crippen molar-refractivity contribution in [1.82, 2.24) is 35.3 Å². The maximum Gasteiger partial charge on any atom is 0.410 e. The molecule has 4 bridgehead atoms. The average molecular weight is 1260 g/mol. The molecule has 474 valence electrons. The highest BCUT2D eigenvalue weighted by Crippen LogP contribution is 2.72. The van der Waals surface area contributed by atoms with Gasteiger partial charge in [0.2, 0.25) is 11.8 Å². The van der Waals surface area contributed by atoms with Crippen molar-refractivity contribution in [2.45, 2.75) is 130 Å². The molecule has 7 amide bonds. The molecule has 4 fully saturated rings. The highest BCUT2D eigenvalue weighted by Gasteiger charge is 2.66. The minimum atomic E-state index is -4.47. The van der Waals surface area contributed by atoms with E-state index in [1.165, 1.54) is 16.2 Å². The van der Waals surface area contributed by atoms with Gasteiger partial charge in [-0.25, -0.2) is 29.1 Å². The summed E-state index contributed by atoms with van der Waals surface area (Å²) in [7, 11) is -4.47. The molecule has 89 heavy (non-hydrogen) atoms. The van der Waals surface area contributed by atoms with Crippen LogP contribution in [0.2, 0.25) is 0 Å². The second kappa shape index (κ2) is 25.8. The van der Waals surface area contributed by atoms with Crippen LogP contribution in [0.25, 0.3) is 32.6 Å². The smallest absolute Gasteiger partial charge is 0.410 e. The van der Waals surface area contributed by atoms with Crippen LogP contribution >= 0.6 is 11.3 Å². The summed E-state index contributed by atoms with van der Waals surface area (Å²) in [6.45, 7) is 10.8. The fourth-order valence-corrected chi connectivity index (χ4v) is 16.1. The molecule has 4 saturated carbocycles. The van der Waals surface area contributed by atoms with Gasteiger partial charge in [0.25, 0.3) is 10.1 Å². The van der Waals surface area contributed by atoms with Gasteiger partial charge < -0.3 is 46.9 Å². The van der Waals surface area contributed by atoms with E-state index in [1.54, 1.807) is 61.3 Å². The normalized spacial score (nSPS) is 21.6. The lowest BCUT2D eigenvalue weighted by Crippen LogP contribution is -2.64. The van der Waals surface area contributed by atoms with E-state index in [4.69, 9.17) is 31.0 Å². The Morgan fingerprint density at radius 2 is 1.62 bits per heavy atom. The first kappa shape index (κ1) is 64.0. The number of rotatable bonds is 24. The molecule has 26 heteroatoms. The number of aromatic nitrogens is 4. The number of nitrogens with one attached hydrogen (secondary N) is 4. The number of aromatic carboxylic acids is 1. The minimum Gasteiger partial charge on any atom is -0.476 e. The van der Waals surface area contributed by atoms with E-state index in [2.05, 4.69) is 40.1 Å². The first-order valence-corrected chi connectivity index (χ1v) is 32.5. The second-order valence-corrected chi connectivity index (χ2v) is 28.3. The molecule has 0 saturated heterocycles. The number of thiazole rings is 1. The second-order valence-electron chi connectivity index (χ2n) is 25.7. The number of amides is 7. The molecule has 1 aliphatic heterocycles. The minimum absolute atomic E-state index is 0.0336. The number of fused-ring (bicyclic) bond motifs is 2. The predicted octanol–water partition coefficient (Wildman–Crippen LogP) is 8.73. The summed E-state index contributed by atoms with van der Waals surface area (Å²) < 4.78 is 49.3. The van der Waals surface area contributed by atoms with Crippen molar-refractivity contribution < 1.29 is 56.3 Å². The summed E-state index contributed by atoms with van der Waals surface area (Å²) in [6.07, 6.45) is 8.03. The van der Waals surface area contributed by atoms with Gasteiger partial charge >= 0.3 is 24.1 Å². The van der Waals surface area contributed by atoms with Crippen LogP contribution in [0.4, 0.5) is 30.9 Å². The number of nitrogens with zero attached hydrogens (tertiary/aromatic N) is 6. The third-order valence-electron chi connectivity index (χ3n) is 17.7. The van der Waals surface area contributed by atoms with Crippen LogP contribution in [-0.4, -0.2) is 135 Å². The highest BCUT2D eigenvalue weighted by atomic mass is 32.2. The monoisotopic (exact) mass is 1260 g/mol. The van der Waals surface area contributed by atoms with E-state index < -0.39 is 63.5 Å². The van der Waals surface area contributed by atoms with Crippen molar-refractivity contribution >= 4 is 84.1 Å². The number of nitrogens with two attached hydrogens (primary N) is 2. The van der Waals surface area contributed by atoms with Crippen molar-refractivity contribution in [2.75, 3.05) is 54.1 Å². The number of ether oxygens (including phenoxy) is 2. The first-order valence-electron chi connectivity index (χ1n) is 30.0. The Morgan fingerprint density at radius 1 is 0.876 bits per heavy atom.